The number of nitrogens with zero attached hydrogens (tertiary/aromatic N) is 2. The topological polar surface area (TPSA) is 46.9 Å². The first-order chi connectivity index (χ1) is 11.4. The third kappa shape index (κ3) is 2.95. The average Bonchev–Trinajstić information content (AvgIpc) is 3.15. The summed E-state index contributed by atoms with van der Waals surface area (Å²) < 4.78 is 16.0. The molecule has 1 heterocycles. The largest absolute Gasteiger partial charge is 0.341 e. The molecule has 0 saturated heterocycles. The Morgan fingerprint density at radius 2 is 1.96 bits per heavy atom. The number of hydrogen-bond acceptors (Lipinski definition) is 2. The van der Waals surface area contributed by atoms with Crippen LogP contribution in [0.3, 0.4) is 0 Å². The van der Waals surface area contributed by atoms with E-state index in [1.54, 1.807) is 23.9 Å². The zero-order chi connectivity index (χ0) is 17.3. The molecular weight excluding hydrogens is 305 g/mol. The zero-order valence-corrected chi connectivity index (χ0v) is 14.5. The van der Waals surface area contributed by atoms with Crippen LogP contribution in [-0.2, 0) is 12.6 Å². The first-order valence-corrected chi connectivity index (χ1v) is 8.54. The second-order valence-electron chi connectivity index (χ2n) is 6.96. The van der Waals surface area contributed by atoms with Gasteiger partial charge in [0.05, 0.1) is 11.2 Å². The average molecular weight is 329 g/mol. The Labute approximate surface area is 142 Å². The van der Waals surface area contributed by atoms with Crippen molar-refractivity contribution in [3.05, 3.63) is 53.1 Å². The molecule has 5 heteroatoms. The van der Waals surface area contributed by atoms with Crippen molar-refractivity contribution in [2.24, 2.45) is 7.05 Å². The minimum atomic E-state index is -0.620. The van der Waals surface area contributed by atoms with Gasteiger partial charge in [-0.05, 0) is 30.9 Å². The fraction of sp³-hybridized carbons (Fsp3) is 0.474. The lowest BCUT2D eigenvalue weighted by molar-refractivity contribution is 0.0886. The summed E-state index contributed by atoms with van der Waals surface area (Å²) in [5.74, 6) is -0.195. The monoisotopic (exact) mass is 329 g/mol. The smallest absolute Gasteiger partial charge is 0.270 e. The Morgan fingerprint density at radius 1 is 1.29 bits per heavy atom. The Bertz CT molecular complexity index is 745. The van der Waals surface area contributed by atoms with Crippen LogP contribution in [0.5, 0.6) is 0 Å². The van der Waals surface area contributed by atoms with E-state index in [2.05, 4.69) is 10.4 Å². The van der Waals surface area contributed by atoms with Crippen LogP contribution in [0.1, 0.15) is 67.2 Å². The van der Waals surface area contributed by atoms with Crippen molar-refractivity contribution in [3.63, 3.8) is 0 Å². The van der Waals surface area contributed by atoms with E-state index in [1.165, 1.54) is 6.07 Å². The minimum Gasteiger partial charge on any atom is -0.341 e. The highest BCUT2D eigenvalue weighted by atomic mass is 19.1. The molecule has 1 amide bonds. The summed E-state index contributed by atoms with van der Waals surface area (Å²) >= 11 is 0. The highest BCUT2D eigenvalue weighted by molar-refractivity contribution is 5.93. The lowest BCUT2D eigenvalue weighted by Crippen LogP contribution is -2.45. The maximum atomic E-state index is 14.4. The van der Waals surface area contributed by atoms with Crippen LogP contribution in [0.2, 0.25) is 0 Å². The molecule has 1 aliphatic carbocycles. The Morgan fingerprint density at radius 3 is 2.54 bits per heavy atom. The van der Waals surface area contributed by atoms with Crippen LogP contribution in [0.15, 0.2) is 30.3 Å². The van der Waals surface area contributed by atoms with Gasteiger partial charge in [-0.2, -0.15) is 5.10 Å². The quantitative estimate of drug-likeness (QED) is 0.925. The molecule has 1 N–H and O–H groups in total. The number of halogens is 1. The zero-order valence-electron chi connectivity index (χ0n) is 14.5. The first-order valence-electron chi connectivity index (χ1n) is 8.54. The SMILES string of the molecule is CC(C)c1cc(C(=O)NC2(c3ccccc3F)CCCC2)n(C)n1. The van der Waals surface area contributed by atoms with Gasteiger partial charge in [-0.25, -0.2) is 4.39 Å². The Kier molecular flexibility index (Phi) is 4.43. The molecule has 0 atom stereocenters. The van der Waals surface area contributed by atoms with Crippen LogP contribution in [-0.4, -0.2) is 15.7 Å². The maximum absolute atomic E-state index is 14.4. The fourth-order valence-electron chi connectivity index (χ4n) is 3.55. The number of rotatable bonds is 4. The summed E-state index contributed by atoms with van der Waals surface area (Å²) in [7, 11) is 1.77. The van der Waals surface area contributed by atoms with Crippen LogP contribution in [0, 0.1) is 5.82 Å². The Balaban J connectivity index is 1.92. The van der Waals surface area contributed by atoms with Gasteiger partial charge in [0.1, 0.15) is 11.5 Å². The summed E-state index contributed by atoms with van der Waals surface area (Å²) in [4.78, 5) is 12.9. The van der Waals surface area contributed by atoms with Gasteiger partial charge < -0.3 is 5.32 Å². The number of aromatic nitrogens is 2. The molecular formula is C19H24FN3O. The van der Waals surface area contributed by atoms with Crippen LogP contribution < -0.4 is 5.32 Å². The molecule has 0 unspecified atom stereocenters. The number of benzene rings is 1. The number of amides is 1. The van der Waals surface area contributed by atoms with Crippen molar-refractivity contribution < 1.29 is 9.18 Å². The molecule has 0 radical (unpaired) electrons. The molecule has 0 bridgehead atoms. The number of aryl methyl sites for hydroxylation is 1. The number of carbonyl (C=O) groups excluding carboxylic acids is 1. The summed E-state index contributed by atoms with van der Waals surface area (Å²) in [5.41, 5.74) is 1.36. The highest BCUT2D eigenvalue weighted by Crippen LogP contribution is 2.40. The van der Waals surface area contributed by atoms with Crippen molar-refractivity contribution in [1.82, 2.24) is 15.1 Å². The summed E-state index contributed by atoms with van der Waals surface area (Å²) in [6.07, 6.45) is 3.48. The molecule has 24 heavy (non-hydrogen) atoms. The van der Waals surface area contributed by atoms with Gasteiger partial charge in [-0.3, -0.25) is 9.48 Å². The molecule has 128 valence electrons. The molecule has 4 nitrogen and oxygen atoms in total. The molecule has 3 rings (SSSR count). The van der Waals surface area contributed by atoms with Gasteiger partial charge in [-0.15, -0.1) is 0 Å². The minimum absolute atomic E-state index is 0.193. The van der Waals surface area contributed by atoms with Gasteiger partial charge in [0, 0.05) is 12.6 Å². The normalized spacial score (nSPS) is 16.5. The number of hydrogen-bond donors (Lipinski definition) is 1. The van der Waals surface area contributed by atoms with Crippen LogP contribution >= 0.6 is 0 Å². The Hall–Kier alpha value is -2.17. The van der Waals surface area contributed by atoms with Crippen LogP contribution in [0.4, 0.5) is 4.39 Å². The third-order valence-corrected chi connectivity index (χ3v) is 4.92. The number of carbonyl (C=O) groups is 1. The lowest BCUT2D eigenvalue weighted by atomic mass is 9.87. The van der Waals surface area contributed by atoms with Crippen molar-refractivity contribution in [1.29, 1.82) is 0 Å². The number of nitrogens with one attached hydrogen (secondary N) is 1. The predicted octanol–water partition coefficient (Wildman–Crippen LogP) is 3.88. The van der Waals surface area contributed by atoms with E-state index < -0.39 is 5.54 Å². The predicted molar refractivity (Wildman–Crippen MR) is 91.3 cm³/mol. The first kappa shape index (κ1) is 16.7. The fourth-order valence-corrected chi connectivity index (χ4v) is 3.55. The van der Waals surface area contributed by atoms with Crippen molar-refractivity contribution in [2.45, 2.75) is 51.0 Å². The summed E-state index contributed by atoms with van der Waals surface area (Å²) in [6.45, 7) is 4.09. The molecule has 2 aromatic rings. The van der Waals surface area contributed by atoms with Gasteiger partial charge >= 0.3 is 0 Å². The lowest BCUT2D eigenvalue weighted by Gasteiger charge is -2.31. The molecule has 0 spiro atoms. The van der Waals surface area contributed by atoms with Gasteiger partial charge in [0.25, 0.3) is 5.91 Å². The van der Waals surface area contributed by atoms with Crippen molar-refractivity contribution in [3.8, 4) is 0 Å². The summed E-state index contributed by atoms with van der Waals surface area (Å²) in [6, 6.07) is 8.57. The molecule has 1 aliphatic rings. The van der Waals surface area contributed by atoms with Crippen molar-refractivity contribution in [2.75, 3.05) is 0 Å². The molecule has 1 aromatic carbocycles. The standard InChI is InChI=1S/C19H24FN3O/c1-13(2)16-12-17(23(3)22-16)18(24)21-19(10-6-7-11-19)14-8-4-5-9-15(14)20/h4-5,8-9,12-13H,6-7,10-11H2,1-3H3,(H,21,24). The second-order valence-corrected chi connectivity index (χ2v) is 6.96. The van der Waals surface area contributed by atoms with Crippen LogP contribution in [0.25, 0.3) is 0 Å². The van der Waals surface area contributed by atoms with E-state index >= 15 is 0 Å². The van der Waals surface area contributed by atoms with E-state index in [-0.39, 0.29) is 17.6 Å². The second kappa shape index (κ2) is 6.38. The van der Waals surface area contributed by atoms with Gasteiger partial charge in [-0.1, -0.05) is 44.9 Å². The van der Waals surface area contributed by atoms with E-state index in [0.29, 0.717) is 11.3 Å². The van der Waals surface area contributed by atoms with Gasteiger partial charge in [0.15, 0.2) is 0 Å². The maximum Gasteiger partial charge on any atom is 0.270 e. The highest BCUT2D eigenvalue weighted by Gasteiger charge is 2.39. The van der Waals surface area contributed by atoms with E-state index in [0.717, 1.165) is 31.4 Å². The third-order valence-electron chi connectivity index (χ3n) is 4.92. The molecule has 1 fully saturated rings. The van der Waals surface area contributed by atoms with Gasteiger partial charge in [0.2, 0.25) is 0 Å². The molecule has 0 aliphatic heterocycles. The summed E-state index contributed by atoms with van der Waals surface area (Å²) in [5, 5.41) is 7.52. The van der Waals surface area contributed by atoms with E-state index in [9.17, 15) is 9.18 Å². The molecule has 1 saturated carbocycles. The molecule has 1 aromatic heterocycles. The van der Waals surface area contributed by atoms with Crippen molar-refractivity contribution >= 4 is 5.91 Å². The van der Waals surface area contributed by atoms with E-state index in [4.69, 9.17) is 0 Å². The van der Waals surface area contributed by atoms with E-state index in [1.807, 2.05) is 26.0 Å².